The molecule has 0 aliphatic heterocycles. The highest BCUT2D eigenvalue weighted by atomic mass is 79.9. The lowest BCUT2D eigenvalue weighted by Gasteiger charge is -2.28. The van der Waals surface area contributed by atoms with Gasteiger partial charge in [-0.25, -0.2) is 0 Å². The predicted octanol–water partition coefficient (Wildman–Crippen LogP) is 3.46. The first-order chi connectivity index (χ1) is 8.24. The summed E-state index contributed by atoms with van der Waals surface area (Å²) < 4.78 is 12.1. The van der Waals surface area contributed by atoms with Crippen LogP contribution in [0.4, 0.5) is 0 Å². The second-order valence-corrected chi connectivity index (χ2v) is 5.02. The lowest BCUT2D eigenvalue weighted by atomic mass is 9.96. The molecular formula is C13H14BrNO2. The van der Waals surface area contributed by atoms with Gasteiger partial charge >= 0.3 is 0 Å². The quantitative estimate of drug-likeness (QED) is 0.854. The fourth-order valence-electron chi connectivity index (χ4n) is 1.78. The van der Waals surface area contributed by atoms with Crippen LogP contribution in [-0.2, 0) is 6.42 Å². The number of nitriles is 1. The maximum atomic E-state index is 8.84. The fraction of sp³-hybridized carbons (Fsp3) is 0.462. The molecule has 0 atom stereocenters. The van der Waals surface area contributed by atoms with E-state index in [1.165, 1.54) is 6.42 Å². The zero-order chi connectivity index (χ0) is 12.3. The molecule has 0 radical (unpaired) electrons. The van der Waals surface area contributed by atoms with Gasteiger partial charge in [0.25, 0.3) is 0 Å². The molecule has 0 aromatic heterocycles. The molecule has 17 heavy (non-hydrogen) atoms. The average molecular weight is 296 g/mol. The zero-order valence-corrected chi connectivity index (χ0v) is 11.3. The van der Waals surface area contributed by atoms with Gasteiger partial charge in [-0.3, -0.25) is 0 Å². The minimum Gasteiger partial charge on any atom is -0.493 e. The van der Waals surface area contributed by atoms with Crippen molar-refractivity contribution < 1.29 is 9.47 Å². The molecule has 90 valence electrons. The van der Waals surface area contributed by atoms with Crippen molar-refractivity contribution >= 4 is 15.9 Å². The second-order valence-electron chi connectivity index (χ2n) is 4.10. The Labute approximate surface area is 109 Å². The number of benzene rings is 1. The van der Waals surface area contributed by atoms with E-state index < -0.39 is 0 Å². The summed E-state index contributed by atoms with van der Waals surface area (Å²) in [6.45, 7) is 0. The zero-order valence-electron chi connectivity index (χ0n) is 9.70. The summed E-state index contributed by atoms with van der Waals surface area (Å²) in [4.78, 5) is 0. The molecule has 1 aromatic carbocycles. The number of nitrogens with zero attached hydrogens (tertiary/aromatic N) is 1. The van der Waals surface area contributed by atoms with E-state index in [1.54, 1.807) is 7.11 Å². The lowest BCUT2D eigenvalue weighted by molar-refractivity contribution is 0.115. The molecule has 4 heteroatoms. The molecule has 0 spiro atoms. The Morgan fingerprint density at radius 2 is 2.24 bits per heavy atom. The standard InChI is InChI=1S/C13H14BrNO2/c1-16-12-8-10(14)7-9(5-6-15)13(12)17-11-3-2-4-11/h7-8,11H,2-5H2,1H3. The van der Waals surface area contributed by atoms with Gasteiger partial charge < -0.3 is 9.47 Å². The SMILES string of the molecule is COc1cc(Br)cc(CC#N)c1OC1CCC1. The third-order valence-corrected chi connectivity index (χ3v) is 3.38. The van der Waals surface area contributed by atoms with E-state index in [0.717, 1.165) is 28.6 Å². The van der Waals surface area contributed by atoms with Crippen molar-refractivity contribution in [1.82, 2.24) is 0 Å². The maximum Gasteiger partial charge on any atom is 0.165 e. The third kappa shape index (κ3) is 2.73. The highest BCUT2D eigenvalue weighted by molar-refractivity contribution is 9.10. The van der Waals surface area contributed by atoms with Gasteiger partial charge in [0.1, 0.15) is 0 Å². The molecule has 1 saturated carbocycles. The van der Waals surface area contributed by atoms with Crippen LogP contribution in [0.15, 0.2) is 16.6 Å². The van der Waals surface area contributed by atoms with Crippen molar-refractivity contribution in [2.24, 2.45) is 0 Å². The van der Waals surface area contributed by atoms with Gasteiger partial charge in [-0.05, 0) is 31.4 Å². The number of hydrogen-bond donors (Lipinski definition) is 0. The molecule has 0 bridgehead atoms. The van der Waals surface area contributed by atoms with Crippen LogP contribution >= 0.6 is 15.9 Å². The summed E-state index contributed by atoms with van der Waals surface area (Å²) in [5.74, 6) is 1.42. The van der Waals surface area contributed by atoms with Gasteiger partial charge in [-0.15, -0.1) is 0 Å². The Morgan fingerprint density at radius 1 is 1.47 bits per heavy atom. The van der Waals surface area contributed by atoms with Crippen molar-refractivity contribution in [1.29, 1.82) is 5.26 Å². The molecule has 3 nitrogen and oxygen atoms in total. The first kappa shape index (κ1) is 12.3. The van der Waals surface area contributed by atoms with Crippen LogP contribution in [-0.4, -0.2) is 13.2 Å². The van der Waals surface area contributed by atoms with Crippen molar-refractivity contribution in [2.45, 2.75) is 31.8 Å². The lowest BCUT2D eigenvalue weighted by Crippen LogP contribution is -2.25. The summed E-state index contributed by atoms with van der Waals surface area (Å²) >= 11 is 3.41. The molecule has 0 amide bonds. The van der Waals surface area contributed by atoms with Gasteiger partial charge in [-0.2, -0.15) is 5.26 Å². The predicted molar refractivity (Wildman–Crippen MR) is 68.3 cm³/mol. The molecule has 1 aromatic rings. The van der Waals surface area contributed by atoms with E-state index in [-0.39, 0.29) is 6.10 Å². The highest BCUT2D eigenvalue weighted by Gasteiger charge is 2.22. The molecule has 0 heterocycles. The second kappa shape index (κ2) is 5.42. The summed E-state index contributed by atoms with van der Waals surface area (Å²) in [5, 5.41) is 8.84. The number of halogens is 1. The van der Waals surface area contributed by atoms with Crippen molar-refractivity contribution in [3.8, 4) is 17.6 Å². The van der Waals surface area contributed by atoms with E-state index >= 15 is 0 Å². The van der Waals surface area contributed by atoms with Crippen molar-refractivity contribution in [2.75, 3.05) is 7.11 Å². The van der Waals surface area contributed by atoms with Gasteiger partial charge in [0.2, 0.25) is 0 Å². The van der Waals surface area contributed by atoms with E-state index in [2.05, 4.69) is 22.0 Å². The van der Waals surface area contributed by atoms with Crippen LogP contribution in [0.5, 0.6) is 11.5 Å². The number of rotatable bonds is 4. The first-order valence-corrected chi connectivity index (χ1v) is 6.44. The molecule has 0 N–H and O–H groups in total. The summed E-state index contributed by atoms with van der Waals surface area (Å²) in [6, 6.07) is 5.94. The Bertz CT molecular complexity index is 449. The molecule has 1 aliphatic rings. The molecule has 0 saturated heterocycles. The van der Waals surface area contributed by atoms with Crippen LogP contribution < -0.4 is 9.47 Å². The number of ether oxygens (including phenoxy) is 2. The van der Waals surface area contributed by atoms with E-state index in [9.17, 15) is 0 Å². The topological polar surface area (TPSA) is 42.2 Å². The third-order valence-electron chi connectivity index (χ3n) is 2.92. The average Bonchev–Trinajstić information content (AvgIpc) is 2.25. The van der Waals surface area contributed by atoms with Crippen molar-refractivity contribution in [3.63, 3.8) is 0 Å². The maximum absolute atomic E-state index is 8.84. The largest absolute Gasteiger partial charge is 0.493 e. The normalized spacial score (nSPS) is 14.9. The Kier molecular flexibility index (Phi) is 3.90. The highest BCUT2D eigenvalue weighted by Crippen LogP contribution is 2.38. The van der Waals surface area contributed by atoms with E-state index in [1.807, 2.05) is 12.1 Å². The van der Waals surface area contributed by atoms with Gasteiger partial charge in [-0.1, -0.05) is 15.9 Å². The Balaban J connectivity index is 2.33. The van der Waals surface area contributed by atoms with Gasteiger partial charge in [0.05, 0.1) is 25.7 Å². The minimum absolute atomic E-state index is 0.280. The number of methoxy groups -OCH3 is 1. The van der Waals surface area contributed by atoms with Crippen LogP contribution in [0.1, 0.15) is 24.8 Å². The van der Waals surface area contributed by atoms with Crippen LogP contribution in [0.25, 0.3) is 0 Å². The van der Waals surface area contributed by atoms with E-state index in [0.29, 0.717) is 12.2 Å². The fourth-order valence-corrected chi connectivity index (χ4v) is 2.26. The molecule has 2 rings (SSSR count). The van der Waals surface area contributed by atoms with Crippen molar-refractivity contribution in [3.05, 3.63) is 22.2 Å². The van der Waals surface area contributed by atoms with E-state index in [4.69, 9.17) is 14.7 Å². The Morgan fingerprint density at radius 3 is 2.76 bits per heavy atom. The summed E-state index contributed by atoms with van der Waals surface area (Å²) in [5.41, 5.74) is 0.880. The molecular weight excluding hydrogens is 282 g/mol. The summed E-state index contributed by atoms with van der Waals surface area (Å²) in [6.07, 6.45) is 4.01. The van der Waals surface area contributed by atoms with Crippen LogP contribution in [0.2, 0.25) is 0 Å². The smallest absolute Gasteiger partial charge is 0.165 e. The summed E-state index contributed by atoms with van der Waals surface area (Å²) in [7, 11) is 1.62. The molecule has 1 aliphatic carbocycles. The monoisotopic (exact) mass is 295 g/mol. The Hall–Kier alpha value is -1.21. The molecule has 0 unspecified atom stereocenters. The number of hydrogen-bond acceptors (Lipinski definition) is 3. The first-order valence-electron chi connectivity index (χ1n) is 5.64. The minimum atomic E-state index is 0.280. The van der Waals surface area contributed by atoms with Crippen LogP contribution in [0, 0.1) is 11.3 Å². The molecule has 1 fully saturated rings. The van der Waals surface area contributed by atoms with Gasteiger partial charge in [0, 0.05) is 10.0 Å². The van der Waals surface area contributed by atoms with Crippen LogP contribution in [0.3, 0.4) is 0 Å². The van der Waals surface area contributed by atoms with Gasteiger partial charge in [0.15, 0.2) is 11.5 Å².